The number of para-hydroxylation sites is 1. The zero-order valence-electron chi connectivity index (χ0n) is 15.9. The van der Waals surface area contributed by atoms with Crippen molar-refractivity contribution in [3.8, 4) is 16.6 Å². The van der Waals surface area contributed by atoms with Gasteiger partial charge in [-0.25, -0.2) is 9.37 Å². The summed E-state index contributed by atoms with van der Waals surface area (Å²) < 4.78 is 13.2. The lowest BCUT2D eigenvalue weighted by molar-refractivity contribution is 0.0929. The second-order valence-corrected chi connectivity index (χ2v) is 8.73. The lowest BCUT2D eigenvalue weighted by Gasteiger charge is -2.16. The van der Waals surface area contributed by atoms with Crippen molar-refractivity contribution in [1.29, 1.82) is 5.26 Å². The van der Waals surface area contributed by atoms with E-state index in [0.717, 1.165) is 28.2 Å². The molecule has 2 fully saturated rings. The van der Waals surface area contributed by atoms with E-state index in [1.807, 2.05) is 24.3 Å². The fourth-order valence-corrected chi connectivity index (χ4v) is 4.88. The molecule has 6 nitrogen and oxygen atoms in total. The van der Waals surface area contributed by atoms with Gasteiger partial charge in [0.15, 0.2) is 11.2 Å². The molecule has 1 saturated heterocycles. The van der Waals surface area contributed by atoms with Gasteiger partial charge in [0.25, 0.3) is 5.91 Å². The summed E-state index contributed by atoms with van der Waals surface area (Å²) in [6.07, 6.45) is 4.77. The Balaban J connectivity index is 1.34. The molecule has 2 aliphatic rings. The Labute approximate surface area is 177 Å². The van der Waals surface area contributed by atoms with Crippen LogP contribution in [0.2, 0.25) is 0 Å². The van der Waals surface area contributed by atoms with Crippen molar-refractivity contribution in [3.05, 3.63) is 65.6 Å². The van der Waals surface area contributed by atoms with Crippen molar-refractivity contribution in [3.63, 3.8) is 0 Å². The van der Waals surface area contributed by atoms with E-state index in [1.165, 1.54) is 23.5 Å². The fraction of sp³-hybridized carbons (Fsp3) is 0.227. The summed E-state index contributed by atoms with van der Waals surface area (Å²) in [5.41, 5.74) is 2.26. The first kappa shape index (κ1) is 18.6. The molecule has 3 aromatic rings. The zero-order chi connectivity index (χ0) is 20.7. The molecule has 8 heteroatoms. The van der Waals surface area contributed by atoms with E-state index in [4.69, 9.17) is 5.26 Å². The van der Waals surface area contributed by atoms with Crippen LogP contribution in [0, 0.1) is 23.2 Å². The minimum atomic E-state index is -0.288. The van der Waals surface area contributed by atoms with Crippen LogP contribution in [-0.4, -0.2) is 34.4 Å². The second-order valence-electron chi connectivity index (χ2n) is 7.70. The Morgan fingerprint density at radius 1 is 1.27 bits per heavy atom. The van der Waals surface area contributed by atoms with Gasteiger partial charge in [-0.3, -0.25) is 4.79 Å². The maximum Gasteiger partial charge on any atom is 0.280 e. The highest BCUT2D eigenvalue weighted by atomic mass is 32.1. The van der Waals surface area contributed by atoms with E-state index >= 15 is 0 Å². The molecule has 1 amide bonds. The van der Waals surface area contributed by atoms with E-state index in [-0.39, 0.29) is 17.3 Å². The summed E-state index contributed by atoms with van der Waals surface area (Å²) in [4.78, 5) is 19.7. The summed E-state index contributed by atoms with van der Waals surface area (Å²) in [7, 11) is 0. The number of hydrogen-bond donors (Lipinski definition) is 2. The van der Waals surface area contributed by atoms with Crippen LogP contribution in [0.3, 0.4) is 0 Å². The number of amides is 1. The molecule has 150 valence electrons. The summed E-state index contributed by atoms with van der Waals surface area (Å²) >= 11 is 1.33. The van der Waals surface area contributed by atoms with Gasteiger partial charge in [0.05, 0.1) is 17.0 Å². The lowest BCUT2D eigenvalue weighted by atomic mass is 10.1. The number of rotatable bonds is 5. The van der Waals surface area contributed by atoms with Gasteiger partial charge in [-0.2, -0.15) is 5.26 Å². The van der Waals surface area contributed by atoms with E-state index < -0.39 is 0 Å². The van der Waals surface area contributed by atoms with Crippen LogP contribution in [0.1, 0.15) is 16.2 Å². The zero-order valence-corrected chi connectivity index (χ0v) is 16.7. The monoisotopic (exact) mass is 419 g/mol. The number of aromatic nitrogens is 1. The fourth-order valence-electron chi connectivity index (χ4n) is 4.03. The number of hydrogen-bond acceptors (Lipinski definition) is 6. The summed E-state index contributed by atoms with van der Waals surface area (Å²) in [6, 6.07) is 13.9. The number of nitrogens with zero attached hydrogens (tertiary/aromatic N) is 3. The highest BCUT2D eigenvalue weighted by Crippen LogP contribution is 2.49. The van der Waals surface area contributed by atoms with Crippen LogP contribution in [0.15, 0.2) is 54.7 Å². The van der Waals surface area contributed by atoms with Gasteiger partial charge in [0.1, 0.15) is 5.82 Å². The molecule has 1 saturated carbocycles. The maximum atomic E-state index is 13.2. The highest BCUT2D eigenvalue weighted by Gasteiger charge is 2.61. The van der Waals surface area contributed by atoms with E-state index in [2.05, 4.69) is 21.8 Å². The number of carbonyl (C=O) groups is 1. The third-order valence-corrected chi connectivity index (χ3v) is 6.69. The quantitative estimate of drug-likeness (QED) is 0.612. The van der Waals surface area contributed by atoms with Crippen molar-refractivity contribution in [2.24, 2.45) is 5.92 Å². The van der Waals surface area contributed by atoms with Crippen molar-refractivity contribution in [1.82, 2.24) is 15.2 Å². The molecule has 2 N–H and O–H groups in total. The molecule has 0 bridgehead atoms. The number of halogens is 1. The molecule has 1 aliphatic heterocycles. The maximum absolute atomic E-state index is 13.2. The van der Waals surface area contributed by atoms with Crippen LogP contribution >= 0.6 is 11.3 Å². The first-order valence-electron chi connectivity index (χ1n) is 9.61. The average Bonchev–Trinajstić information content (AvgIpc) is 3.10. The van der Waals surface area contributed by atoms with Crippen LogP contribution in [-0.2, 0) is 0 Å². The van der Waals surface area contributed by atoms with Gasteiger partial charge in [-0.1, -0.05) is 18.2 Å². The highest BCUT2D eigenvalue weighted by molar-refractivity contribution is 7.17. The SMILES string of the molecule is N#CN1CC2C[C@]2(NC(=O)c2ncc(-c3ccccc3Nc3ccc(F)cc3)s2)C1. The average molecular weight is 419 g/mol. The Bertz CT molecular complexity index is 1150. The molecule has 0 spiro atoms. The predicted octanol–water partition coefficient (Wildman–Crippen LogP) is 3.98. The van der Waals surface area contributed by atoms with Gasteiger partial charge in [0.2, 0.25) is 0 Å². The van der Waals surface area contributed by atoms with Gasteiger partial charge >= 0.3 is 0 Å². The van der Waals surface area contributed by atoms with E-state index in [0.29, 0.717) is 24.0 Å². The largest absolute Gasteiger partial charge is 0.355 e. The molecule has 1 aromatic heterocycles. The number of nitriles is 1. The third-order valence-electron chi connectivity index (χ3n) is 5.67. The predicted molar refractivity (Wildman–Crippen MR) is 113 cm³/mol. The number of carbonyl (C=O) groups excluding carboxylic acids is 1. The number of nitrogens with one attached hydrogen (secondary N) is 2. The first-order valence-corrected chi connectivity index (χ1v) is 10.4. The number of anilines is 2. The minimum Gasteiger partial charge on any atom is -0.355 e. The number of likely N-dealkylation sites (tertiary alicyclic amines) is 1. The minimum absolute atomic E-state index is 0.197. The third kappa shape index (κ3) is 3.37. The van der Waals surface area contributed by atoms with E-state index in [9.17, 15) is 9.18 Å². The van der Waals surface area contributed by atoms with E-state index in [1.54, 1.807) is 23.2 Å². The van der Waals surface area contributed by atoms with Gasteiger partial charge < -0.3 is 15.5 Å². The van der Waals surface area contributed by atoms with Crippen molar-refractivity contribution in [2.45, 2.75) is 12.0 Å². The number of fused-ring (bicyclic) bond motifs is 1. The normalized spacial score (nSPS) is 21.6. The topological polar surface area (TPSA) is 81.1 Å². The van der Waals surface area contributed by atoms with Crippen LogP contribution in [0.4, 0.5) is 15.8 Å². The molecule has 2 aromatic carbocycles. The Kier molecular flexibility index (Phi) is 4.40. The standard InChI is InChI=1S/C22H18FN5OS/c23-15-5-7-16(8-6-15)26-18-4-2-1-3-17(18)19-10-25-21(30-19)20(29)27-22-9-14(22)11-28(12-22)13-24/h1-8,10,14,26H,9,11-12H2,(H,27,29)/t14?,22-/m0/s1. The van der Waals surface area contributed by atoms with Gasteiger partial charge in [-0.15, -0.1) is 11.3 Å². The second kappa shape index (κ2) is 7.11. The van der Waals surface area contributed by atoms with Gasteiger partial charge in [-0.05, 0) is 36.8 Å². The molecule has 0 radical (unpaired) electrons. The molecule has 1 unspecified atom stereocenters. The Hall–Kier alpha value is -3.44. The van der Waals surface area contributed by atoms with Crippen molar-refractivity contribution < 1.29 is 9.18 Å². The molecule has 2 heterocycles. The van der Waals surface area contributed by atoms with Crippen LogP contribution in [0.5, 0.6) is 0 Å². The molecule has 1 aliphatic carbocycles. The van der Waals surface area contributed by atoms with Gasteiger partial charge in [0, 0.05) is 35.6 Å². The number of benzene rings is 2. The molecule has 5 rings (SSSR count). The smallest absolute Gasteiger partial charge is 0.280 e. The summed E-state index contributed by atoms with van der Waals surface area (Å²) in [5.74, 6) is -0.136. The summed E-state index contributed by atoms with van der Waals surface area (Å²) in [6.45, 7) is 1.28. The molecular weight excluding hydrogens is 401 g/mol. The van der Waals surface area contributed by atoms with Crippen LogP contribution < -0.4 is 10.6 Å². The van der Waals surface area contributed by atoms with Crippen molar-refractivity contribution >= 4 is 28.6 Å². The number of piperidine rings is 1. The summed E-state index contributed by atoms with van der Waals surface area (Å²) in [5, 5.41) is 15.9. The number of thiazole rings is 1. The molecule has 30 heavy (non-hydrogen) atoms. The molecule has 2 atom stereocenters. The van der Waals surface area contributed by atoms with Crippen molar-refractivity contribution in [2.75, 3.05) is 18.4 Å². The molecular formula is C22H18FN5OS. The lowest BCUT2D eigenvalue weighted by Crippen LogP contribution is -2.41. The van der Waals surface area contributed by atoms with Crippen LogP contribution in [0.25, 0.3) is 10.4 Å². The Morgan fingerprint density at radius 2 is 2.07 bits per heavy atom. The Morgan fingerprint density at radius 3 is 2.83 bits per heavy atom. The first-order chi connectivity index (χ1) is 14.6.